The summed E-state index contributed by atoms with van der Waals surface area (Å²) in [5.74, 6) is -2.55. The summed E-state index contributed by atoms with van der Waals surface area (Å²) in [4.78, 5) is 26.6. The molecule has 1 N–H and O–H groups in total. The molecule has 27 heavy (non-hydrogen) atoms. The van der Waals surface area contributed by atoms with Gasteiger partial charge in [0.15, 0.2) is 11.6 Å². The van der Waals surface area contributed by atoms with Gasteiger partial charge in [-0.3, -0.25) is 4.79 Å². The van der Waals surface area contributed by atoms with E-state index in [0.717, 1.165) is 0 Å². The van der Waals surface area contributed by atoms with Crippen LogP contribution in [0.5, 0.6) is 0 Å². The highest BCUT2D eigenvalue weighted by Gasteiger charge is 2.29. The molecular weight excluding hydrogens is 393 g/mol. The van der Waals surface area contributed by atoms with Crippen LogP contribution in [0.2, 0.25) is 0 Å². The lowest BCUT2D eigenvalue weighted by Crippen LogP contribution is -2.46. The van der Waals surface area contributed by atoms with Crippen molar-refractivity contribution in [2.45, 2.75) is 6.92 Å². The second-order valence-electron chi connectivity index (χ2n) is 5.99. The number of anilines is 1. The lowest BCUT2D eigenvalue weighted by molar-refractivity contribution is 0.122. The van der Waals surface area contributed by atoms with Gasteiger partial charge in [-0.25, -0.2) is 26.8 Å². The molecule has 0 saturated carbocycles. The van der Waals surface area contributed by atoms with Crippen LogP contribution in [0, 0.1) is 18.6 Å². The van der Waals surface area contributed by atoms with E-state index < -0.39 is 48.6 Å². The molecule has 1 aromatic heterocycles. The van der Waals surface area contributed by atoms with E-state index in [1.165, 1.54) is 16.7 Å². The predicted octanol–water partition coefficient (Wildman–Crippen LogP) is -0.178. The van der Waals surface area contributed by atoms with Crippen LogP contribution in [0.3, 0.4) is 0 Å². The molecule has 1 aliphatic rings. The average molecular weight is 408 g/mol. The molecule has 13 heteroatoms. The molecule has 0 atom stereocenters. The molecular formula is C14H15F3N4O5S. The zero-order valence-electron chi connectivity index (χ0n) is 14.3. The summed E-state index contributed by atoms with van der Waals surface area (Å²) in [5, 5.41) is -1.09. The minimum Gasteiger partial charge on any atom is -0.378 e. The average Bonchev–Trinajstić information content (AvgIpc) is 2.60. The van der Waals surface area contributed by atoms with Crippen LogP contribution in [0.25, 0.3) is 10.9 Å². The van der Waals surface area contributed by atoms with Crippen LogP contribution in [-0.4, -0.2) is 50.4 Å². The van der Waals surface area contributed by atoms with Crippen LogP contribution in [0.15, 0.2) is 9.59 Å². The first-order chi connectivity index (χ1) is 12.5. The van der Waals surface area contributed by atoms with Crippen molar-refractivity contribution in [3.8, 4) is 0 Å². The number of nitrogens with one attached hydrogen (secondary N) is 1. The quantitative estimate of drug-likeness (QED) is 0.756. The van der Waals surface area contributed by atoms with Crippen molar-refractivity contribution in [2.75, 3.05) is 42.3 Å². The van der Waals surface area contributed by atoms with E-state index in [9.17, 15) is 26.9 Å². The molecule has 9 nitrogen and oxygen atoms in total. The van der Waals surface area contributed by atoms with E-state index in [2.05, 4.69) is 0 Å². The van der Waals surface area contributed by atoms with Crippen molar-refractivity contribution in [3.05, 3.63) is 38.0 Å². The number of rotatable bonds is 3. The summed E-state index contributed by atoms with van der Waals surface area (Å²) in [6.45, 7) is 2.07. The standard InChI is InChI=1S/C14H15F3N4O5S/c1-7-9(15)12-8(10(16)11(7)19-3-5-26-6-4-19)13(22)21(14(23)20(12)17)18-27(2,24)25/h18H,3-6H2,1-2H3. The second-order valence-corrected chi connectivity index (χ2v) is 7.72. The summed E-state index contributed by atoms with van der Waals surface area (Å²) < 4.78 is 71.9. The Morgan fingerprint density at radius 1 is 1.11 bits per heavy atom. The topological polar surface area (TPSA) is 103 Å². The van der Waals surface area contributed by atoms with Gasteiger partial charge in [0.2, 0.25) is 10.0 Å². The van der Waals surface area contributed by atoms with E-state index in [4.69, 9.17) is 4.74 Å². The van der Waals surface area contributed by atoms with Gasteiger partial charge in [-0.1, -0.05) is 4.48 Å². The predicted molar refractivity (Wildman–Crippen MR) is 90.9 cm³/mol. The molecule has 148 valence electrons. The van der Waals surface area contributed by atoms with Crippen LogP contribution >= 0.6 is 0 Å². The lowest BCUT2D eigenvalue weighted by atomic mass is 10.1. The monoisotopic (exact) mass is 408 g/mol. The Labute approximate surface area is 150 Å². The number of morpholine rings is 1. The number of aromatic nitrogens is 2. The van der Waals surface area contributed by atoms with E-state index in [0.29, 0.717) is 6.26 Å². The molecule has 0 amide bonds. The fraction of sp³-hybridized carbons (Fsp3) is 0.429. The van der Waals surface area contributed by atoms with Crippen molar-refractivity contribution in [1.29, 1.82) is 0 Å². The third-order valence-corrected chi connectivity index (χ3v) is 4.63. The molecule has 3 rings (SSSR count). The van der Waals surface area contributed by atoms with Gasteiger partial charge in [0.25, 0.3) is 5.56 Å². The third-order valence-electron chi connectivity index (χ3n) is 4.11. The first-order valence-corrected chi connectivity index (χ1v) is 9.59. The second kappa shape index (κ2) is 6.56. The van der Waals surface area contributed by atoms with Gasteiger partial charge in [0, 0.05) is 18.7 Å². The molecule has 0 unspecified atom stereocenters. The smallest absolute Gasteiger partial charge is 0.378 e. The van der Waals surface area contributed by atoms with Crippen molar-refractivity contribution < 1.29 is 26.4 Å². The van der Waals surface area contributed by atoms with E-state index in [-0.39, 0.29) is 42.2 Å². The number of fused-ring (bicyclic) bond motifs is 1. The number of hydrogen-bond donors (Lipinski definition) is 1. The van der Waals surface area contributed by atoms with Gasteiger partial charge >= 0.3 is 5.69 Å². The number of halogens is 3. The summed E-state index contributed by atoms with van der Waals surface area (Å²) in [7, 11) is -4.18. The Morgan fingerprint density at radius 2 is 1.70 bits per heavy atom. The van der Waals surface area contributed by atoms with Crippen molar-refractivity contribution >= 4 is 26.6 Å². The molecule has 2 heterocycles. The molecule has 0 spiro atoms. The van der Waals surface area contributed by atoms with Crippen molar-refractivity contribution in [2.24, 2.45) is 0 Å². The highest BCUT2D eigenvalue weighted by Crippen LogP contribution is 2.32. The fourth-order valence-corrected chi connectivity index (χ4v) is 3.44. The van der Waals surface area contributed by atoms with Gasteiger partial charge in [0.05, 0.1) is 25.2 Å². The zero-order valence-corrected chi connectivity index (χ0v) is 15.1. The maximum atomic E-state index is 15.2. The molecule has 1 saturated heterocycles. The molecule has 1 aliphatic heterocycles. The Kier molecular flexibility index (Phi) is 4.67. The van der Waals surface area contributed by atoms with Crippen LogP contribution in [-0.2, 0) is 14.8 Å². The van der Waals surface area contributed by atoms with Gasteiger partial charge in [0.1, 0.15) is 10.9 Å². The normalized spacial score (nSPS) is 15.4. The van der Waals surface area contributed by atoms with Crippen molar-refractivity contribution in [3.63, 3.8) is 0 Å². The number of nitrogens with zero attached hydrogens (tertiary/aromatic N) is 3. The van der Waals surface area contributed by atoms with Gasteiger partial charge < -0.3 is 9.64 Å². The summed E-state index contributed by atoms with van der Waals surface area (Å²) in [6, 6.07) is 0. The fourth-order valence-electron chi connectivity index (χ4n) is 2.95. The summed E-state index contributed by atoms with van der Waals surface area (Å²) in [6.07, 6.45) is 0.608. The first-order valence-electron chi connectivity index (χ1n) is 7.70. The largest absolute Gasteiger partial charge is 0.379 e. The van der Waals surface area contributed by atoms with Crippen LogP contribution in [0.1, 0.15) is 5.56 Å². The molecule has 0 radical (unpaired) electrons. The van der Waals surface area contributed by atoms with E-state index in [1.807, 2.05) is 0 Å². The van der Waals surface area contributed by atoms with Crippen molar-refractivity contribution in [1.82, 2.24) is 9.47 Å². The zero-order chi connectivity index (χ0) is 20.1. The Morgan fingerprint density at radius 3 is 2.26 bits per heavy atom. The first kappa shape index (κ1) is 19.2. The minimum absolute atomic E-state index is 0.202. The number of benzene rings is 1. The molecule has 1 aromatic carbocycles. The van der Waals surface area contributed by atoms with Gasteiger partial charge in [-0.15, -0.1) is 4.79 Å². The maximum absolute atomic E-state index is 15.2. The Balaban J connectivity index is 2.44. The summed E-state index contributed by atoms with van der Waals surface area (Å²) >= 11 is 0. The molecule has 1 fully saturated rings. The van der Waals surface area contributed by atoms with Gasteiger partial charge in [-0.2, -0.15) is 4.68 Å². The van der Waals surface area contributed by atoms with Gasteiger partial charge in [-0.05, 0) is 6.92 Å². The highest BCUT2D eigenvalue weighted by molar-refractivity contribution is 7.91. The number of hydrogen-bond acceptors (Lipinski definition) is 6. The minimum atomic E-state index is -4.18. The molecule has 0 aliphatic carbocycles. The number of sulfonamides is 1. The van der Waals surface area contributed by atoms with Crippen LogP contribution in [0.4, 0.5) is 18.9 Å². The van der Waals surface area contributed by atoms with Crippen LogP contribution < -0.4 is 21.0 Å². The third kappa shape index (κ3) is 3.16. The van der Waals surface area contributed by atoms with E-state index >= 15 is 4.39 Å². The molecule has 2 aromatic rings. The Bertz CT molecular complexity index is 1150. The lowest BCUT2D eigenvalue weighted by Gasteiger charge is -2.31. The Hall–Kier alpha value is -2.54. The maximum Gasteiger partial charge on any atom is 0.379 e. The SMILES string of the molecule is Cc1c(N2CCOCC2)c(F)c2c(=O)n(NS(C)(=O)=O)c(=O)n(F)c2c1F. The van der Waals surface area contributed by atoms with E-state index in [1.54, 1.807) is 0 Å². The molecule has 0 bridgehead atoms. The number of ether oxygens (including phenoxy) is 1. The highest BCUT2D eigenvalue weighted by atomic mass is 32.2. The summed E-state index contributed by atoms with van der Waals surface area (Å²) in [5.41, 5.74) is -5.09.